The summed E-state index contributed by atoms with van der Waals surface area (Å²) in [5.74, 6) is -0.393. The van der Waals surface area contributed by atoms with Crippen molar-refractivity contribution in [2.75, 3.05) is 35.8 Å². The molecule has 29 heavy (non-hydrogen) atoms. The highest BCUT2D eigenvalue weighted by Crippen LogP contribution is 2.29. The van der Waals surface area contributed by atoms with Gasteiger partial charge in [0.25, 0.3) is 10.0 Å². The SMILES string of the molecule is Cc1ccc(NS(=O)(=O)c2ccccc2OC(F)F)cc1N1CCCNCC1.Cl. The second-order valence-corrected chi connectivity index (χ2v) is 8.17. The van der Waals surface area contributed by atoms with Crippen molar-refractivity contribution in [2.24, 2.45) is 0 Å². The summed E-state index contributed by atoms with van der Waals surface area (Å²) in [6.07, 6.45) is 0.994. The van der Waals surface area contributed by atoms with Gasteiger partial charge in [0.15, 0.2) is 0 Å². The molecule has 3 rings (SSSR count). The quantitative estimate of drug-likeness (QED) is 0.707. The molecule has 6 nitrogen and oxygen atoms in total. The maximum atomic E-state index is 12.8. The second kappa shape index (κ2) is 10.1. The molecule has 1 heterocycles. The first-order valence-electron chi connectivity index (χ1n) is 9.00. The van der Waals surface area contributed by atoms with E-state index in [9.17, 15) is 17.2 Å². The molecule has 0 atom stereocenters. The van der Waals surface area contributed by atoms with Gasteiger partial charge in [-0.2, -0.15) is 8.78 Å². The molecule has 2 aromatic rings. The molecule has 160 valence electrons. The first-order valence-corrected chi connectivity index (χ1v) is 10.5. The lowest BCUT2D eigenvalue weighted by Gasteiger charge is -2.25. The Hall–Kier alpha value is -2.10. The van der Waals surface area contributed by atoms with Gasteiger partial charge in [0, 0.05) is 25.3 Å². The minimum atomic E-state index is -4.10. The normalized spacial score (nSPS) is 14.8. The first kappa shape index (κ1) is 23.2. The molecule has 0 aromatic heterocycles. The number of aryl methyl sites for hydroxylation is 1. The first-order chi connectivity index (χ1) is 13.4. The van der Waals surface area contributed by atoms with Gasteiger partial charge in [0.2, 0.25) is 0 Å². The number of anilines is 2. The van der Waals surface area contributed by atoms with Gasteiger partial charge < -0.3 is 15.0 Å². The maximum absolute atomic E-state index is 12.8. The smallest absolute Gasteiger partial charge is 0.387 e. The molecule has 0 spiro atoms. The van der Waals surface area contributed by atoms with Gasteiger partial charge in [-0.1, -0.05) is 18.2 Å². The van der Waals surface area contributed by atoms with E-state index in [1.165, 1.54) is 24.3 Å². The van der Waals surface area contributed by atoms with Crippen molar-refractivity contribution < 1.29 is 21.9 Å². The second-order valence-electron chi connectivity index (χ2n) is 6.52. The van der Waals surface area contributed by atoms with E-state index in [1.54, 1.807) is 12.1 Å². The zero-order valence-corrected chi connectivity index (χ0v) is 17.5. The van der Waals surface area contributed by atoms with Crippen LogP contribution in [0.3, 0.4) is 0 Å². The number of nitrogens with one attached hydrogen (secondary N) is 2. The third kappa shape index (κ3) is 5.94. The summed E-state index contributed by atoms with van der Waals surface area (Å²) in [6.45, 7) is 2.35. The molecular formula is C19H24ClF2N3O3S. The lowest BCUT2D eigenvalue weighted by Crippen LogP contribution is -2.28. The fraction of sp³-hybridized carbons (Fsp3) is 0.368. The summed E-state index contributed by atoms with van der Waals surface area (Å²) in [4.78, 5) is 1.87. The van der Waals surface area contributed by atoms with Gasteiger partial charge in [-0.05, 0) is 49.7 Å². The van der Waals surface area contributed by atoms with Crippen molar-refractivity contribution in [1.29, 1.82) is 0 Å². The Balaban J connectivity index is 0.00000300. The molecule has 2 N–H and O–H groups in total. The van der Waals surface area contributed by atoms with Gasteiger partial charge in [0.05, 0.1) is 5.69 Å². The number of para-hydroxylation sites is 1. The number of sulfonamides is 1. The van der Waals surface area contributed by atoms with Crippen molar-refractivity contribution in [1.82, 2.24) is 5.32 Å². The van der Waals surface area contributed by atoms with E-state index in [2.05, 4.69) is 19.7 Å². The Morgan fingerprint density at radius 3 is 2.66 bits per heavy atom. The van der Waals surface area contributed by atoms with E-state index >= 15 is 0 Å². The predicted octanol–water partition coefficient (Wildman–Crippen LogP) is 3.62. The fourth-order valence-electron chi connectivity index (χ4n) is 3.18. The number of ether oxygens (including phenoxy) is 1. The number of hydrogen-bond acceptors (Lipinski definition) is 5. The monoisotopic (exact) mass is 447 g/mol. The summed E-state index contributed by atoms with van der Waals surface area (Å²) in [5, 5.41) is 3.33. The van der Waals surface area contributed by atoms with E-state index in [4.69, 9.17) is 0 Å². The van der Waals surface area contributed by atoms with Crippen molar-refractivity contribution >= 4 is 33.8 Å². The lowest BCUT2D eigenvalue weighted by atomic mass is 10.1. The molecule has 0 aliphatic carbocycles. The molecule has 1 aliphatic rings. The molecule has 1 saturated heterocycles. The zero-order valence-electron chi connectivity index (χ0n) is 15.9. The molecule has 0 radical (unpaired) electrons. The van der Waals surface area contributed by atoms with Crippen molar-refractivity contribution in [3.05, 3.63) is 48.0 Å². The molecule has 2 aromatic carbocycles. The molecule has 1 fully saturated rings. The highest BCUT2D eigenvalue weighted by molar-refractivity contribution is 7.92. The Morgan fingerprint density at radius 2 is 1.90 bits per heavy atom. The number of benzene rings is 2. The van der Waals surface area contributed by atoms with E-state index in [0.29, 0.717) is 5.69 Å². The van der Waals surface area contributed by atoms with Crippen LogP contribution in [0.4, 0.5) is 20.2 Å². The maximum Gasteiger partial charge on any atom is 0.387 e. The Bertz CT molecular complexity index is 921. The van der Waals surface area contributed by atoms with Crippen LogP contribution in [0.2, 0.25) is 0 Å². The highest BCUT2D eigenvalue weighted by Gasteiger charge is 2.22. The van der Waals surface area contributed by atoms with Crippen molar-refractivity contribution in [2.45, 2.75) is 24.9 Å². The van der Waals surface area contributed by atoms with Crippen LogP contribution in [0.15, 0.2) is 47.4 Å². The Labute approximate surface area is 175 Å². The van der Waals surface area contributed by atoms with Crippen LogP contribution in [0.5, 0.6) is 5.75 Å². The molecule has 0 saturated carbocycles. The number of halogens is 3. The van der Waals surface area contributed by atoms with Crippen LogP contribution in [0, 0.1) is 6.92 Å². The van der Waals surface area contributed by atoms with E-state index < -0.39 is 22.4 Å². The Kier molecular flexibility index (Phi) is 8.06. The summed E-state index contributed by atoms with van der Waals surface area (Å²) >= 11 is 0. The number of nitrogens with zero attached hydrogens (tertiary/aromatic N) is 1. The average molecular weight is 448 g/mol. The van der Waals surface area contributed by atoms with Crippen LogP contribution in [-0.2, 0) is 10.0 Å². The summed E-state index contributed by atoms with van der Waals surface area (Å²) in [6, 6.07) is 10.6. The zero-order chi connectivity index (χ0) is 20.1. The van der Waals surface area contributed by atoms with Gasteiger partial charge in [-0.3, -0.25) is 4.72 Å². The molecule has 0 unspecified atom stereocenters. The average Bonchev–Trinajstić information content (AvgIpc) is 2.92. The summed E-state index contributed by atoms with van der Waals surface area (Å²) in [5.41, 5.74) is 2.34. The summed E-state index contributed by atoms with van der Waals surface area (Å²) in [7, 11) is -4.10. The summed E-state index contributed by atoms with van der Waals surface area (Å²) < 4.78 is 57.6. The predicted molar refractivity (Wildman–Crippen MR) is 112 cm³/mol. The van der Waals surface area contributed by atoms with Crippen LogP contribution in [0.25, 0.3) is 0 Å². The highest BCUT2D eigenvalue weighted by atomic mass is 35.5. The van der Waals surface area contributed by atoms with Crippen LogP contribution in [0.1, 0.15) is 12.0 Å². The van der Waals surface area contributed by atoms with Gasteiger partial charge in [0.1, 0.15) is 10.6 Å². The minimum Gasteiger partial charge on any atom is -0.433 e. The van der Waals surface area contributed by atoms with Gasteiger partial charge in [-0.15, -0.1) is 12.4 Å². The minimum absolute atomic E-state index is 0. The fourth-order valence-corrected chi connectivity index (χ4v) is 4.36. The van der Waals surface area contributed by atoms with E-state index in [-0.39, 0.29) is 17.3 Å². The largest absolute Gasteiger partial charge is 0.433 e. The van der Waals surface area contributed by atoms with Gasteiger partial charge >= 0.3 is 6.61 Å². The van der Waals surface area contributed by atoms with E-state index in [0.717, 1.165) is 43.9 Å². The number of alkyl halides is 2. The third-order valence-corrected chi connectivity index (χ3v) is 5.92. The molecule has 0 bridgehead atoms. The molecule has 0 amide bonds. The van der Waals surface area contributed by atoms with Crippen molar-refractivity contribution in [3.8, 4) is 5.75 Å². The van der Waals surface area contributed by atoms with Crippen LogP contribution in [-0.4, -0.2) is 41.2 Å². The standard InChI is InChI=1S/C19H23F2N3O3S.ClH/c1-14-7-8-15(13-16(14)24-11-4-9-22-10-12-24)23-28(25,26)18-6-3-2-5-17(18)27-19(20)21;/h2-3,5-8,13,19,22-23H,4,9-12H2,1H3;1H. The lowest BCUT2D eigenvalue weighted by molar-refractivity contribution is -0.0517. The number of rotatable bonds is 6. The van der Waals surface area contributed by atoms with Crippen molar-refractivity contribution in [3.63, 3.8) is 0 Å². The topological polar surface area (TPSA) is 70.7 Å². The van der Waals surface area contributed by atoms with Crippen LogP contribution < -0.4 is 19.7 Å². The van der Waals surface area contributed by atoms with E-state index in [1.807, 2.05) is 13.0 Å². The Morgan fingerprint density at radius 1 is 1.14 bits per heavy atom. The van der Waals surface area contributed by atoms with Gasteiger partial charge in [-0.25, -0.2) is 8.42 Å². The molecule has 1 aliphatic heterocycles. The molecular weight excluding hydrogens is 424 g/mol. The van der Waals surface area contributed by atoms with Crippen LogP contribution >= 0.6 is 12.4 Å². The number of hydrogen-bond donors (Lipinski definition) is 2. The molecule has 10 heteroatoms. The third-order valence-electron chi connectivity index (χ3n) is 4.50.